The van der Waals surface area contributed by atoms with Crippen molar-refractivity contribution in [1.29, 1.82) is 0 Å². The highest BCUT2D eigenvalue weighted by Crippen LogP contribution is 2.20. The maximum absolute atomic E-state index is 4.16. The van der Waals surface area contributed by atoms with Crippen LogP contribution in [0.1, 0.15) is 5.56 Å². The molecule has 0 fully saturated rings. The molecule has 0 atom stereocenters. The van der Waals surface area contributed by atoms with Gasteiger partial charge in [0.05, 0.1) is 0 Å². The van der Waals surface area contributed by atoms with Gasteiger partial charge in [0.2, 0.25) is 0 Å². The number of rotatable bonds is 1. The molecule has 0 N–H and O–H groups in total. The molecular weight excluding hydrogens is 164 g/mol. The SMILES string of the molecule is S[CH]c1cccc2ccccc12. The summed E-state index contributed by atoms with van der Waals surface area (Å²) in [4.78, 5) is 0. The molecular formula is C11H9S. The number of hydrogen-bond acceptors (Lipinski definition) is 1. The highest BCUT2D eigenvalue weighted by molar-refractivity contribution is 7.82. The molecule has 0 bridgehead atoms. The van der Waals surface area contributed by atoms with Crippen LogP contribution in [0.25, 0.3) is 10.8 Å². The number of hydrogen-bond donors (Lipinski definition) is 1. The van der Waals surface area contributed by atoms with Gasteiger partial charge in [-0.1, -0.05) is 42.5 Å². The fourth-order valence-corrected chi connectivity index (χ4v) is 1.59. The number of benzene rings is 2. The van der Waals surface area contributed by atoms with Crippen molar-refractivity contribution >= 4 is 23.4 Å². The topological polar surface area (TPSA) is 0 Å². The molecule has 0 nitrogen and oxygen atoms in total. The maximum atomic E-state index is 4.16. The van der Waals surface area contributed by atoms with Crippen LogP contribution in [0.4, 0.5) is 0 Å². The molecule has 0 heterocycles. The Morgan fingerprint density at radius 1 is 0.917 bits per heavy atom. The minimum Gasteiger partial charge on any atom is -0.170 e. The van der Waals surface area contributed by atoms with Crippen molar-refractivity contribution in [2.24, 2.45) is 0 Å². The van der Waals surface area contributed by atoms with E-state index in [0.717, 1.165) is 0 Å². The van der Waals surface area contributed by atoms with Gasteiger partial charge >= 0.3 is 0 Å². The Morgan fingerprint density at radius 2 is 1.67 bits per heavy atom. The van der Waals surface area contributed by atoms with Crippen molar-refractivity contribution in [1.82, 2.24) is 0 Å². The van der Waals surface area contributed by atoms with Crippen molar-refractivity contribution in [3.05, 3.63) is 53.8 Å². The summed E-state index contributed by atoms with van der Waals surface area (Å²) in [5, 5.41) is 2.52. The van der Waals surface area contributed by atoms with E-state index in [2.05, 4.69) is 36.9 Å². The molecule has 0 saturated heterocycles. The third-order valence-corrected chi connectivity index (χ3v) is 2.24. The largest absolute Gasteiger partial charge is 0.170 e. The first kappa shape index (κ1) is 7.69. The van der Waals surface area contributed by atoms with Crippen molar-refractivity contribution in [3.63, 3.8) is 0 Å². The molecule has 0 aliphatic carbocycles. The summed E-state index contributed by atoms with van der Waals surface area (Å²) >= 11 is 4.16. The van der Waals surface area contributed by atoms with Crippen LogP contribution >= 0.6 is 12.6 Å². The lowest BCUT2D eigenvalue weighted by Crippen LogP contribution is -1.78. The van der Waals surface area contributed by atoms with Gasteiger partial charge in [-0.3, -0.25) is 0 Å². The predicted molar refractivity (Wildman–Crippen MR) is 56.3 cm³/mol. The van der Waals surface area contributed by atoms with Crippen LogP contribution in [0.3, 0.4) is 0 Å². The van der Waals surface area contributed by atoms with E-state index in [1.807, 2.05) is 24.0 Å². The fraction of sp³-hybridized carbons (Fsp3) is 0. The second-order valence-electron chi connectivity index (χ2n) is 2.70. The molecule has 0 amide bonds. The number of thiol groups is 1. The molecule has 59 valence electrons. The molecule has 2 aromatic carbocycles. The van der Waals surface area contributed by atoms with E-state index in [9.17, 15) is 0 Å². The van der Waals surface area contributed by atoms with Crippen LogP contribution in [-0.4, -0.2) is 0 Å². The Labute approximate surface area is 77.6 Å². The van der Waals surface area contributed by atoms with Crippen LogP contribution in [0.5, 0.6) is 0 Å². The summed E-state index contributed by atoms with van der Waals surface area (Å²) < 4.78 is 0. The molecule has 2 rings (SSSR count). The summed E-state index contributed by atoms with van der Waals surface area (Å²) in [6.45, 7) is 0. The second-order valence-corrected chi connectivity index (χ2v) is 2.96. The van der Waals surface area contributed by atoms with Crippen molar-refractivity contribution in [2.45, 2.75) is 0 Å². The zero-order valence-electron chi connectivity index (χ0n) is 6.57. The molecule has 1 heteroatoms. The molecule has 0 saturated carbocycles. The van der Waals surface area contributed by atoms with E-state index in [4.69, 9.17) is 0 Å². The van der Waals surface area contributed by atoms with E-state index in [1.165, 1.54) is 16.3 Å². The van der Waals surface area contributed by atoms with Crippen molar-refractivity contribution in [2.75, 3.05) is 0 Å². The van der Waals surface area contributed by atoms with Gasteiger partial charge in [0.15, 0.2) is 0 Å². The van der Waals surface area contributed by atoms with E-state index in [1.54, 1.807) is 0 Å². The smallest absolute Gasteiger partial charge is 0.0430 e. The van der Waals surface area contributed by atoms with Gasteiger partial charge in [0.1, 0.15) is 0 Å². The fourth-order valence-electron chi connectivity index (χ4n) is 1.36. The van der Waals surface area contributed by atoms with Gasteiger partial charge in [-0.2, -0.15) is 12.6 Å². The van der Waals surface area contributed by atoms with Gasteiger partial charge in [-0.15, -0.1) is 0 Å². The van der Waals surface area contributed by atoms with E-state index in [0.29, 0.717) is 0 Å². The quantitative estimate of drug-likeness (QED) is 0.629. The van der Waals surface area contributed by atoms with Gasteiger partial charge in [-0.05, 0) is 16.3 Å². The number of fused-ring (bicyclic) bond motifs is 1. The van der Waals surface area contributed by atoms with Gasteiger partial charge < -0.3 is 0 Å². The Hall–Kier alpha value is -0.950. The summed E-state index contributed by atoms with van der Waals surface area (Å²) in [6, 6.07) is 14.5. The van der Waals surface area contributed by atoms with Crippen LogP contribution < -0.4 is 0 Å². The van der Waals surface area contributed by atoms with Gasteiger partial charge in [0, 0.05) is 5.75 Å². The summed E-state index contributed by atoms with van der Waals surface area (Å²) in [7, 11) is 0. The van der Waals surface area contributed by atoms with Gasteiger partial charge in [0.25, 0.3) is 0 Å². The average Bonchev–Trinajstić information content (AvgIpc) is 2.17. The highest BCUT2D eigenvalue weighted by Gasteiger charge is 1.96. The molecule has 0 aliphatic heterocycles. The highest BCUT2D eigenvalue weighted by atomic mass is 32.1. The molecule has 1 radical (unpaired) electrons. The first-order valence-corrected chi connectivity index (χ1v) is 4.38. The molecule has 0 aliphatic rings. The third kappa shape index (κ3) is 1.21. The Kier molecular flexibility index (Phi) is 2.05. The lowest BCUT2D eigenvalue weighted by Gasteiger charge is -2.01. The molecule has 12 heavy (non-hydrogen) atoms. The lowest BCUT2D eigenvalue weighted by atomic mass is 10.1. The van der Waals surface area contributed by atoms with E-state index in [-0.39, 0.29) is 0 Å². The Bertz CT molecular complexity index is 388. The van der Waals surface area contributed by atoms with Crippen LogP contribution in [0, 0.1) is 5.75 Å². The monoisotopic (exact) mass is 173 g/mol. The molecule has 0 spiro atoms. The maximum Gasteiger partial charge on any atom is 0.0430 e. The molecule has 0 aromatic heterocycles. The van der Waals surface area contributed by atoms with Crippen molar-refractivity contribution < 1.29 is 0 Å². The normalized spacial score (nSPS) is 10.4. The molecule has 0 unspecified atom stereocenters. The predicted octanol–water partition coefficient (Wildman–Crippen LogP) is 3.28. The standard InChI is InChI=1S/C11H9S/c12-8-10-6-3-5-9-4-1-2-7-11(9)10/h1-8,12H. The van der Waals surface area contributed by atoms with Gasteiger partial charge in [-0.25, -0.2) is 0 Å². The summed E-state index contributed by atoms with van der Waals surface area (Å²) in [6.07, 6.45) is 0. The third-order valence-electron chi connectivity index (χ3n) is 1.96. The summed E-state index contributed by atoms with van der Waals surface area (Å²) in [5.74, 6) is 1.84. The van der Waals surface area contributed by atoms with E-state index < -0.39 is 0 Å². The zero-order valence-corrected chi connectivity index (χ0v) is 7.46. The first-order valence-electron chi connectivity index (χ1n) is 3.87. The minimum atomic E-state index is 1.18. The van der Waals surface area contributed by atoms with Crippen molar-refractivity contribution in [3.8, 4) is 0 Å². The first-order chi connectivity index (χ1) is 5.92. The van der Waals surface area contributed by atoms with E-state index >= 15 is 0 Å². The Morgan fingerprint density at radius 3 is 2.50 bits per heavy atom. The minimum absolute atomic E-state index is 1.18. The summed E-state index contributed by atoms with van der Waals surface area (Å²) in [5.41, 5.74) is 1.18. The van der Waals surface area contributed by atoms with Crippen LogP contribution in [-0.2, 0) is 0 Å². The molecule has 2 aromatic rings. The average molecular weight is 173 g/mol. The van der Waals surface area contributed by atoms with Crippen LogP contribution in [0.2, 0.25) is 0 Å². The van der Waals surface area contributed by atoms with Crippen LogP contribution in [0.15, 0.2) is 42.5 Å². The zero-order chi connectivity index (χ0) is 8.39. The second kappa shape index (κ2) is 3.20. The Balaban J connectivity index is 2.79. The lowest BCUT2D eigenvalue weighted by molar-refractivity contribution is 1.66.